The summed E-state index contributed by atoms with van der Waals surface area (Å²) in [5.41, 5.74) is 2.53. The second-order valence-corrected chi connectivity index (χ2v) is 11.7. The summed E-state index contributed by atoms with van der Waals surface area (Å²) in [5.74, 6) is 0.849. The van der Waals surface area contributed by atoms with Crippen LogP contribution in [-0.4, -0.2) is 22.7 Å². The third-order valence-electron chi connectivity index (χ3n) is 6.08. The van der Waals surface area contributed by atoms with E-state index in [0.29, 0.717) is 45.2 Å². The van der Waals surface area contributed by atoms with E-state index in [9.17, 15) is 9.59 Å². The molecular formula is C30H22Cl2INO4S. The van der Waals surface area contributed by atoms with Crippen molar-refractivity contribution in [2.45, 2.75) is 20.1 Å². The lowest BCUT2D eigenvalue weighted by molar-refractivity contribution is -0.123. The van der Waals surface area contributed by atoms with E-state index in [0.717, 1.165) is 37.2 Å². The summed E-state index contributed by atoms with van der Waals surface area (Å²) in [4.78, 5) is 27.3. The molecule has 4 aromatic carbocycles. The van der Waals surface area contributed by atoms with Crippen LogP contribution in [0.1, 0.15) is 23.6 Å². The molecule has 1 saturated heterocycles. The van der Waals surface area contributed by atoms with Crippen LogP contribution in [0.5, 0.6) is 11.5 Å². The van der Waals surface area contributed by atoms with Gasteiger partial charge in [0.2, 0.25) is 0 Å². The van der Waals surface area contributed by atoms with Crippen LogP contribution in [-0.2, 0) is 17.9 Å². The van der Waals surface area contributed by atoms with Crippen molar-refractivity contribution in [1.29, 1.82) is 0 Å². The maximum Gasteiger partial charge on any atom is 0.293 e. The van der Waals surface area contributed by atoms with E-state index in [1.807, 2.05) is 37.3 Å². The zero-order chi connectivity index (χ0) is 27.5. The standard InChI is InChI=1S/C30H22Cl2INO4S/c1-2-37-26-14-19(13-25(33)28(26)38-17-21-8-5-7-20-6-3-4-9-22(20)21)15-27-29(35)34(30(36)39-27)16-18-10-11-23(31)24(32)12-18/h3-15H,2,16-17H2,1H3/b27-15+. The summed E-state index contributed by atoms with van der Waals surface area (Å²) in [7, 11) is 0. The van der Waals surface area contributed by atoms with Crippen molar-refractivity contribution in [2.24, 2.45) is 0 Å². The molecule has 0 aromatic heterocycles. The lowest BCUT2D eigenvalue weighted by Gasteiger charge is -2.16. The van der Waals surface area contributed by atoms with Gasteiger partial charge in [-0.25, -0.2) is 0 Å². The van der Waals surface area contributed by atoms with Crippen LogP contribution in [0.15, 0.2) is 77.7 Å². The fraction of sp³-hybridized carbons (Fsp3) is 0.133. The van der Waals surface area contributed by atoms with Gasteiger partial charge in [-0.15, -0.1) is 0 Å². The molecule has 0 spiro atoms. The fourth-order valence-corrected chi connectivity index (χ4v) is 6.19. The molecule has 4 aromatic rings. The van der Waals surface area contributed by atoms with Crippen molar-refractivity contribution in [2.75, 3.05) is 6.61 Å². The normalized spacial score (nSPS) is 14.5. The van der Waals surface area contributed by atoms with Gasteiger partial charge < -0.3 is 9.47 Å². The number of carbonyl (C=O) groups excluding carboxylic acids is 2. The SMILES string of the molecule is CCOc1cc(/C=C2/SC(=O)N(Cc3ccc(Cl)c(Cl)c3)C2=O)cc(I)c1OCc1cccc2ccccc12. The van der Waals surface area contributed by atoms with E-state index < -0.39 is 0 Å². The highest BCUT2D eigenvalue weighted by Crippen LogP contribution is 2.38. The highest BCUT2D eigenvalue weighted by atomic mass is 127. The first-order valence-electron chi connectivity index (χ1n) is 12.1. The number of carbonyl (C=O) groups is 2. The van der Waals surface area contributed by atoms with Crippen molar-refractivity contribution in [3.8, 4) is 11.5 Å². The Morgan fingerprint density at radius 3 is 2.54 bits per heavy atom. The summed E-state index contributed by atoms with van der Waals surface area (Å²) in [6, 6.07) is 23.1. The number of fused-ring (bicyclic) bond motifs is 1. The number of nitrogens with zero attached hydrogens (tertiary/aromatic N) is 1. The average molecular weight is 690 g/mol. The van der Waals surface area contributed by atoms with Gasteiger partial charge in [0.05, 0.1) is 31.7 Å². The monoisotopic (exact) mass is 689 g/mol. The third-order valence-corrected chi connectivity index (χ3v) is 8.53. The van der Waals surface area contributed by atoms with Crippen LogP contribution >= 0.6 is 57.6 Å². The Morgan fingerprint density at radius 2 is 1.74 bits per heavy atom. The van der Waals surface area contributed by atoms with Gasteiger partial charge in [-0.2, -0.15) is 0 Å². The molecule has 0 atom stereocenters. The Kier molecular flexibility index (Phi) is 8.71. The number of rotatable bonds is 8. The zero-order valence-electron chi connectivity index (χ0n) is 20.7. The van der Waals surface area contributed by atoms with Gasteiger partial charge in [0.1, 0.15) is 6.61 Å². The van der Waals surface area contributed by atoms with Crippen molar-refractivity contribution in [3.05, 3.63) is 108 Å². The second-order valence-electron chi connectivity index (χ2n) is 8.71. The number of hydrogen-bond acceptors (Lipinski definition) is 5. The number of thioether (sulfide) groups is 1. The predicted molar refractivity (Wildman–Crippen MR) is 167 cm³/mol. The molecule has 0 N–H and O–H groups in total. The van der Waals surface area contributed by atoms with Crippen LogP contribution in [0, 0.1) is 3.57 Å². The van der Waals surface area contributed by atoms with Crippen LogP contribution in [0.25, 0.3) is 16.8 Å². The van der Waals surface area contributed by atoms with Crippen LogP contribution in [0.2, 0.25) is 10.0 Å². The van der Waals surface area contributed by atoms with Crippen LogP contribution in [0.4, 0.5) is 4.79 Å². The minimum Gasteiger partial charge on any atom is -0.490 e. The molecule has 5 nitrogen and oxygen atoms in total. The first kappa shape index (κ1) is 27.8. The van der Waals surface area contributed by atoms with E-state index in [2.05, 4.69) is 46.9 Å². The molecule has 1 heterocycles. The highest BCUT2D eigenvalue weighted by molar-refractivity contribution is 14.1. The average Bonchev–Trinajstić information content (AvgIpc) is 3.17. The summed E-state index contributed by atoms with van der Waals surface area (Å²) in [5, 5.41) is 2.74. The first-order chi connectivity index (χ1) is 18.8. The Labute approximate surface area is 254 Å². The molecule has 2 amide bonds. The molecule has 0 bridgehead atoms. The Bertz CT molecular complexity index is 1620. The first-order valence-corrected chi connectivity index (χ1v) is 14.7. The molecule has 9 heteroatoms. The molecule has 39 heavy (non-hydrogen) atoms. The molecular weight excluding hydrogens is 668 g/mol. The highest BCUT2D eigenvalue weighted by Gasteiger charge is 2.35. The molecule has 0 radical (unpaired) electrons. The van der Waals surface area contributed by atoms with Gasteiger partial charge in [-0.05, 0) is 99.1 Å². The molecule has 5 rings (SSSR count). The lowest BCUT2D eigenvalue weighted by Crippen LogP contribution is -2.27. The van der Waals surface area contributed by atoms with Crippen molar-refractivity contribution in [3.63, 3.8) is 0 Å². The van der Waals surface area contributed by atoms with Crippen molar-refractivity contribution >= 4 is 85.5 Å². The number of benzene rings is 4. The minimum absolute atomic E-state index is 0.113. The number of hydrogen-bond donors (Lipinski definition) is 0. The summed E-state index contributed by atoms with van der Waals surface area (Å²) in [6.45, 7) is 2.85. The summed E-state index contributed by atoms with van der Waals surface area (Å²) < 4.78 is 13.0. The van der Waals surface area contributed by atoms with Crippen LogP contribution in [0.3, 0.4) is 0 Å². The summed E-state index contributed by atoms with van der Waals surface area (Å²) in [6.07, 6.45) is 1.71. The molecule has 1 fully saturated rings. The maximum absolute atomic E-state index is 13.1. The van der Waals surface area contributed by atoms with Gasteiger partial charge in [0.15, 0.2) is 11.5 Å². The third kappa shape index (κ3) is 6.22. The van der Waals surface area contributed by atoms with E-state index in [1.54, 1.807) is 24.3 Å². The summed E-state index contributed by atoms with van der Waals surface area (Å²) >= 11 is 15.2. The lowest BCUT2D eigenvalue weighted by atomic mass is 10.1. The van der Waals surface area contributed by atoms with E-state index in [1.165, 1.54) is 4.90 Å². The molecule has 0 saturated carbocycles. The quantitative estimate of drug-likeness (QED) is 0.137. The number of ether oxygens (including phenoxy) is 2. The molecule has 0 unspecified atom stereocenters. The van der Waals surface area contributed by atoms with Gasteiger partial charge in [0, 0.05) is 0 Å². The Morgan fingerprint density at radius 1 is 0.949 bits per heavy atom. The minimum atomic E-state index is -0.361. The number of imide groups is 1. The van der Waals surface area contributed by atoms with E-state index in [-0.39, 0.29) is 17.7 Å². The smallest absolute Gasteiger partial charge is 0.293 e. The molecule has 198 valence electrons. The van der Waals surface area contributed by atoms with Gasteiger partial charge >= 0.3 is 0 Å². The molecule has 1 aliphatic heterocycles. The topological polar surface area (TPSA) is 55.8 Å². The number of amides is 2. The molecule has 0 aliphatic carbocycles. The predicted octanol–water partition coefficient (Wildman–Crippen LogP) is 8.97. The molecule has 1 aliphatic rings. The second kappa shape index (κ2) is 12.2. The van der Waals surface area contributed by atoms with E-state index >= 15 is 0 Å². The zero-order valence-corrected chi connectivity index (χ0v) is 25.2. The van der Waals surface area contributed by atoms with Gasteiger partial charge in [0.25, 0.3) is 11.1 Å². The largest absolute Gasteiger partial charge is 0.490 e. The van der Waals surface area contributed by atoms with Crippen LogP contribution < -0.4 is 9.47 Å². The van der Waals surface area contributed by atoms with E-state index in [4.69, 9.17) is 32.7 Å². The number of halogens is 3. The van der Waals surface area contributed by atoms with Crippen molar-refractivity contribution in [1.82, 2.24) is 4.90 Å². The Hall–Kier alpha value is -2.72. The van der Waals surface area contributed by atoms with Crippen molar-refractivity contribution < 1.29 is 19.1 Å². The van der Waals surface area contributed by atoms with Gasteiger partial charge in [-0.3, -0.25) is 14.5 Å². The van der Waals surface area contributed by atoms with Gasteiger partial charge in [-0.1, -0.05) is 71.7 Å². The maximum atomic E-state index is 13.1. The Balaban J connectivity index is 1.38. The fourth-order valence-electron chi connectivity index (χ4n) is 4.25.